The largest absolute Gasteiger partial charge is 0.481 e. The maximum atomic E-state index is 12.8. The van der Waals surface area contributed by atoms with E-state index in [1.807, 2.05) is 12.3 Å². The molecule has 3 aromatic rings. The molecule has 0 saturated heterocycles. The van der Waals surface area contributed by atoms with Crippen LogP contribution >= 0.6 is 11.3 Å². The molecule has 0 saturated carbocycles. The lowest BCUT2D eigenvalue weighted by Crippen LogP contribution is -2.28. The smallest absolute Gasteiger partial charge is 0.253 e. The third kappa shape index (κ3) is 7.22. The van der Waals surface area contributed by atoms with E-state index in [1.165, 1.54) is 18.4 Å². The summed E-state index contributed by atoms with van der Waals surface area (Å²) in [4.78, 5) is 39.4. The number of aromatic nitrogens is 3. The number of nitrogens with zero attached hydrogens (tertiary/aromatic N) is 4. The van der Waals surface area contributed by atoms with Crippen LogP contribution in [0.4, 0.5) is 5.95 Å². The Morgan fingerprint density at radius 1 is 1.15 bits per heavy atom. The number of nitrogens with one attached hydrogen (secondary N) is 2. The number of methoxy groups -OCH3 is 1. The monoisotopic (exact) mass is 483 g/mol. The van der Waals surface area contributed by atoms with Crippen molar-refractivity contribution >= 4 is 29.1 Å². The number of thiazole rings is 1. The van der Waals surface area contributed by atoms with Gasteiger partial charge in [0.15, 0.2) is 0 Å². The fourth-order valence-electron chi connectivity index (χ4n) is 3.18. The molecule has 34 heavy (non-hydrogen) atoms. The fourth-order valence-corrected chi connectivity index (χ4v) is 4.01. The van der Waals surface area contributed by atoms with Gasteiger partial charge in [-0.05, 0) is 38.1 Å². The van der Waals surface area contributed by atoms with Gasteiger partial charge in [0, 0.05) is 48.4 Å². The summed E-state index contributed by atoms with van der Waals surface area (Å²) in [6.07, 6.45) is 0.720. The van der Waals surface area contributed by atoms with Crippen LogP contribution in [0, 0.1) is 6.92 Å². The molecule has 0 radical (unpaired) electrons. The van der Waals surface area contributed by atoms with Crippen molar-refractivity contribution in [1.29, 1.82) is 0 Å². The highest BCUT2D eigenvalue weighted by molar-refractivity contribution is 7.09. The molecule has 0 unspecified atom stereocenters. The van der Waals surface area contributed by atoms with Crippen LogP contribution in [0.5, 0.6) is 5.88 Å². The molecule has 0 atom stereocenters. The molecule has 0 fully saturated rings. The molecule has 0 aliphatic carbocycles. The summed E-state index contributed by atoms with van der Waals surface area (Å²) < 4.78 is 5.08. The van der Waals surface area contributed by atoms with Gasteiger partial charge in [-0.25, -0.2) is 9.97 Å². The number of carbonyl (C=O) groups is 2. The van der Waals surface area contributed by atoms with Crippen LogP contribution in [0.25, 0.3) is 0 Å². The summed E-state index contributed by atoms with van der Waals surface area (Å²) >= 11 is 1.52. The average molecular weight is 484 g/mol. The van der Waals surface area contributed by atoms with Crippen LogP contribution < -0.4 is 21.1 Å². The van der Waals surface area contributed by atoms with Gasteiger partial charge in [-0.15, -0.1) is 11.3 Å². The number of carbonyl (C=O) groups excluding carboxylic acids is 2. The standard InChI is InChI=1S/C23H29N7O3S/c1-15-14-34-20(27-15)13-30(2)22(32)17-7-4-6-16(10-17)21(31)26-9-5-8-25-12-18-11-19(33-3)29-23(24)28-18/h4,6-7,10-11,14,25H,5,8-9,12-13H2,1-3H3,(H,26,31)(H2,24,28,29). The predicted octanol–water partition coefficient (Wildman–Crippen LogP) is 2.01. The second-order valence-corrected chi connectivity index (χ2v) is 8.61. The summed E-state index contributed by atoms with van der Waals surface area (Å²) in [5, 5.41) is 8.96. The predicted molar refractivity (Wildman–Crippen MR) is 131 cm³/mol. The van der Waals surface area contributed by atoms with E-state index in [-0.39, 0.29) is 17.8 Å². The van der Waals surface area contributed by atoms with Crippen molar-refractivity contribution in [2.45, 2.75) is 26.4 Å². The van der Waals surface area contributed by atoms with Crippen molar-refractivity contribution < 1.29 is 14.3 Å². The minimum absolute atomic E-state index is 0.159. The van der Waals surface area contributed by atoms with Crippen molar-refractivity contribution in [3.8, 4) is 5.88 Å². The zero-order valence-electron chi connectivity index (χ0n) is 19.5. The molecule has 0 aliphatic heterocycles. The first kappa shape index (κ1) is 25.1. The summed E-state index contributed by atoms with van der Waals surface area (Å²) in [5.74, 6) is 0.199. The molecular formula is C23H29N7O3S. The minimum Gasteiger partial charge on any atom is -0.481 e. The maximum Gasteiger partial charge on any atom is 0.253 e. The molecule has 2 amide bonds. The lowest BCUT2D eigenvalue weighted by molar-refractivity contribution is 0.0785. The number of benzene rings is 1. The first-order valence-electron chi connectivity index (χ1n) is 10.8. The number of ether oxygens (including phenoxy) is 1. The summed E-state index contributed by atoms with van der Waals surface area (Å²) in [6, 6.07) is 8.46. The third-order valence-corrected chi connectivity index (χ3v) is 5.81. The normalized spacial score (nSPS) is 10.7. The van der Waals surface area contributed by atoms with E-state index in [2.05, 4.69) is 25.6 Å². The lowest BCUT2D eigenvalue weighted by Gasteiger charge is -2.16. The van der Waals surface area contributed by atoms with Crippen LogP contribution in [0.1, 0.15) is 43.5 Å². The molecule has 1 aromatic carbocycles. The third-order valence-electron chi connectivity index (χ3n) is 4.86. The molecular weight excluding hydrogens is 454 g/mol. The molecule has 4 N–H and O–H groups in total. The van der Waals surface area contributed by atoms with Crippen molar-refractivity contribution in [3.05, 3.63) is 63.2 Å². The zero-order valence-corrected chi connectivity index (χ0v) is 20.3. The van der Waals surface area contributed by atoms with E-state index in [1.54, 1.807) is 42.3 Å². The van der Waals surface area contributed by atoms with Gasteiger partial charge in [-0.2, -0.15) is 4.98 Å². The van der Waals surface area contributed by atoms with Gasteiger partial charge in [-0.3, -0.25) is 9.59 Å². The van der Waals surface area contributed by atoms with Crippen molar-refractivity contribution in [2.75, 3.05) is 33.0 Å². The Labute approximate surface area is 202 Å². The van der Waals surface area contributed by atoms with E-state index in [9.17, 15) is 9.59 Å². The molecule has 10 nitrogen and oxygen atoms in total. The van der Waals surface area contributed by atoms with Crippen LogP contribution in [0.15, 0.2) is 35.7 Å². The van der Waals surface area contributed by atoms with Crippen molar-refractivity contribution in [3.63, 3.8) is 0 Å². The highest BCUT2D eigenvalue weighted by atomic mass is 32.1. The molecule has 2 heterocycles. The average Bonchev–Trinajstić information content (AvgIpc) is 3.24. The quantitative estimate of drug-likeness (QED) is 0.353. The van der Waals surface area contributed by atoms with Crippen LogP contribution in [-0.4, -0.2) is 58.9 Å². The number of hydrogen-bond donors (Lipinski definition) is 3. The highest BCUT2D eigenvalue weighted by Gasteiger charge is 2.15. The highest BCUT2D eigenvalue weighted by Crippen LogP contribution is 2.14. The first-order valence-corrected chi connectivity index (χ1v) is 11.7. The molecule has 2 aromatic heterocycles. The number of hydrogen-bond acceptors (Lipinski definition) is 9. The van der Waals surface area contributed by atoms with E-state index >= 15 is 0 Å². The van der Waals surface area contributed by atoms with Crippen LogP contribution in [0.2, 0.25) is 0 Å². The Kier molecular flexibility index (Phi) is 8.88. The van der Waals surface area contributed by atoms with Crippen LogP contribution in [0.3, 0.4) is 0 Å². The lowest BCUT2D eigenvalue weighted by atomic mass is 10.1. The van der Waals surface area contributed by atoms with E-state index < -0.39 is 0 Å². The molecule has 180 valence electrons. The maximum absolute atomic E-state index is 12.8. The molecule has 3 rings (SSSR count). The molecule has 0 bridgehead atoms. The number of nitrogens with two attached hydrogens (primary N) is 1. The van der Waals surface area contributed by atoms with Gasteiger partial charge in [0.25, 0.3) is 11.8 Å². The minimum atomic E-state index is -0.221. The summed E-state index contributed by atoms with van der Waals surface area (Å²) in [5.41, 5.74) is 8.23. The number of rotatable bonds is 11. The second kappa shape index (κ2) is 12.1. The molecule has 11 heteroatoms. The topological polar surface area (TPSA) is 135 Å². The van der Waals surface area contributed by atoms with Crippen molar-refractivity contribution in [1.82, 2.24) is 30.5 Å². The molecule has 0 spiro atoms. The summed E-state index contributed by atoms with van der Waals surface area (Å²) in [7, 11) is 3.25. The Morgan fingerprint density at radius 2 is 1.94 bits per heavy atom. The van der Waals surface area contributed by atoms with Gasteiger partial charge in [0.2, 0.25) is 11.8 Å². The van der Waals surface area contributed by atoms with Crippen molar-refractivity contribution in [2.24, 2.45) is 0 Å². The first-order chi connectivity index (χ1) is 16.4. The Bertz CT molecular complexity index is 1140. The number of amides is 2. The second-order valence-electron chi connectivity index (χ2n) is 7.67. The van der Waals surface area contributed by atoms with Gasteiger partial charge in [0.05, 0.1) is 19.3 Å². The van der Waals surface area contributed by atoms with E-state index in [4.69, 9.17) is 10.5 Å². The SMILES string of the molecule is COc1cc(CNCCCNC(=O)c2cccc(C(=O)N(C)Cc3nc(C)cs3)c2)nc(N)n1. The fraction of sp³-hybridized carbons (Fsp3) is 0.348. The number of nitrogen functional groups attached to an aromatic ring is 1. The van der Waals surface area contributed by atoms with E-state index in [0.29, 0.717) is 43.2 Å². The number of anilines is 1. The number of aryl methyl sites for hydroxylation is 1. The van der Waals surface area contributed by atoms with Crippen LogP contribution in [-0.2, 0) is 13.1 Å². The molecule has 0 aliphatic rings. The Morgan fingerprint density at radius 3 is 2.68 bits per heavy atom. The Hall–Kier alpha value is -3.57. The van der Waals surface area contributed by atoms with Gasteiger partial charge in [-0.1, -0.05) is 6.07 Å². The Balaban J connectivity index is 1.43. The van der Waals surface area contributed by atoms with E-state index in [0.717, 1.165) is 22.8 Å². The van der Waals surface area contributed by atoms with Gasteiger partial charge in [0.1, 0.15) is 5.01 Å². The summed E-state index contributed by atoms with van der Waals surface area (Å²) in [6.45, 7) is 4.02. The van der Waals surface area contributed by atoms with Gasteiger partial charge >= 0.3 is 0 Å². The van der Waals surface area contributed by atoms with Gasteiger partial charge < -0.3 is 26.0 Å². The zero-order chi connectivity index (χ0) is 24.5.